The van der Waals surface area contributed by atoms with Crippen LogP contribution in [0.15, 0.2) is 10.9 Å². The van der Waals surface area contributed by atoms with Gasteiger partial charge >= 0.3 is 12.2 Å². The summed E-state index contributed by atoms with van der Waals surface area (Å²) in [4.78, 5) is 32.9. The van der Waals surface area contributed by atoms with Crippen molar-refractivity contribution in [2.24, 2.45) is 0 Å². The maximum Gasteiger partial charge on any atom is 0.573 e. The van der Waals surface area contributed by atoms with E-state index in [1.807, 2.05) is 0 Å². The van der Waals surface area contributed by atoms with E-state index in [2.05, 4.69) is 4.74 Å². The van der Waals surface area contributed by atoms with Gasteiger partial charge in [-0.15, -0.1) is 13.2 Å². The lowest BCUT2D eigenvalue weighted by atomic mass is 10.3. The number of hydrogen-bond acceptors (Lipinski definition) is 5. The molecule has 0 aromatic carbocycles. The maximum atomic E-state index is 12.0. The Hall–Kier alpha value is -2.10. The molecule has 0 fully saturated rings. The SMILES string of the molecule is O=C(Cl)c1[nH]c([N+](=O)[O-])cc(=O)c1OC(F)(F)F. The number of H-pyrrole nitrogens is 1. The summed E-state index contributed by atoms with van der Waals surface area (Å²) in [6, 6.07) is 0.240. The molecule has 0 aliphatic heterocycles. The highest BCUT2D eigenvalue weighted by molar-refractivity contribution is 6.67. The van der Waals surface area contributed by atoms with E-state index in [-0.39, 0.29) is 6.07 Å². The minimum Gasteiger partial charge on any atom is -0.397 e. The van der Waals surface area contributed by atoms with Crippen LogP contribution < -0.4 is 10.2 Å². The summed E-state index contributed by atoms with van der Waals surface area (Å²) >= 11 is 4.91. The fourth-order valence-electron chi connectivity index (χ4n) is 0.988. The molecule has 0 aliphatic rings. The average molecular weight is 287 g/mol. The highest BCUT2D eigenvalue weighted by atomic mass is 35.5. The first-order valence-corrected chi connectivity index (χ1v) is 4.37. The molecular weight excluding hydrogens is 285 g/mol. The van der Waals surface area contributed by atoms with Crippen LogP contribution in [0.5, 0.6) is 5.75 Å². The third-order valence-corrected chi connectivity index (χ3v) is 1.77. The van der Waals surface area contributed by atoms with Crippen molar-refractivity contribution in [3.8, 4) is 5.75 Å². The molecule has 1 aromatic rings. The van der Waals surface area contributed by atoms with Crippen LogP contribution in [-0.4, -0.2) is 21.5 Å². The van der Waals surface area contributed by atoms with Crippen molar-refractivity contribution in [3.63, 3.8) is 0 Å². The molecule has 1 rings (SSSR count). The van der Waals surface area contributed by atoms with Gasteiger partial charge < -0.3 is 14.9 Å². The molecule has 7 nitrogen and oxygen atoms in total. The fourth-order valence-corrected chi connectivity index (χ4v) is 1.12. The van der Waals surface area contributed by atoms with Gasteiger partial charge in [-0.1, -0.05) is 0 Å². The molecule has 0 atom stereocenters. The van der Waals surface area contributed by atoms with Crippen molar-refractivity contribution in [2.45, 2.75) is 6.36 Å². The predicted octanol–water partition coefficient (Wildman–Crippen LogP) is 1.56. The van der Waals surface area contributed by atoms with Gasteiger partial charge in [-0.05, 0) is 16.5 Å². The van der Waals surface area contributed by atoms with Gasteiger partial charge in [0.1, 0.15) is 0 Å². The number of nitrogens with zero attached hydrogens (tertiary/aromatic N) is 1. The molecule has 0 unspecified atom stereocenters. The van der Waals surface area contributed by atoms with Crippen LogP contribution in [0.2, 0.25) is 0 Å². The van der Waals surface area contributed by atoms with E-state index in [1.165, 1.54) is 0 Å². The number of carbonyl (C=O) groups excluding carboxylic acids is 1. The Morgan fingerprint density at radius 2 is 2.06 bits per heavy atom. The summed E-state index contributed by atoms with van der Waals surface area (Å²) in [5.41, 5.74) is -2.64. The van der Waals surface area contributed by atoms with Crippen molar-refractivity contribution in [2.75, 3.05) is 0 Å². The molecular formula is C7H2ClF3N2O5. The maximum absolute atomic E-state index is 12.0. The predicted molar refractivity (Wildman–Crippen MR) is 50.6 cm³/mol. The van der Waals surface area contributed by atoms with Crippen LogP contribution in [0.4, 0.5) is 19.0 Å². The van der Waals surface area contributed by atoms with E-state index in [0.29, 0.717) is 0 Å². The van der Waals surface area contributed by atoms with Gasteiger partial charge in [-0.3, -0.25) is 9.59 Å². The Labute approximate surface area is 100 Å². The molecule has 0 saturated carbocycles. The number of carbonyl (C=O) groups is 1. The molecule has 0 spiro atoms. The fraction of sp³-hybridized carbons (Fsp3) is 0.143. The Morgan fingerprint density at radius 1 is 1.50 bits per heavy atom. The summed E-state index contributed by atoms with van der Waals surface area (Å²) < 4.78 is 39.2. The van der Waals surface area contributed by atoms with Crippen molar-refractivity contribution in [3.05, 3.63) is 32.1 Å². The second-order valence-electron chi connectivity index (χ2n) is 2.80. The first-order chi connectivity index (χ1) is 8.11. The van der Waals surface area contributed by atoms with Gasteiger partial charge in [0, 0.05) is 0 Å². The monoisotopic (exact) mass is 286 g/mol. The Morgan fingerprint density at radius 3 is 2.44 bits per heavy atom. The normalized spacial score (nSPS) is 11.1. The third kappa shape index (κ3) is 3.20. The number of aromatic nitrogens is 1. The second-order valence-corrected chi connectivity index (χ2v) is 3.14. The van der Waals surface area contributed by atoms with Crippen LogP contribution in [0.25, 0.3) is 0 Å². The van der Waals surface area contributed by atoms with Gasteiger partial charge in [0.2, 0.25) is 16.9 Å². The van der Waals surface area contributed by atoms with E-state index < -0.39 is 39.2 Å². The highest BCUT2D eigenvalue weighted by Crippen LogP contribution is 2.24. The Balaban J connectivity index is 3.47. The van der Waals surface area contributed by atoms with Crippen LogP contribution >= 0.6 is 11.6 Å². The first-order valence-electron chi connectivity index (χ1n) is 3.99. The smallest absolute Gasteiger partial charge is 0.397 e. The molecule has 0 amide bonds. The van der Waals surface area contributed by atoms with Crippen LogP contribution in [0, 0.1) is 10.1 Å². The van der Waals surface area contributed by atoms with Crippen molar-refractivity contribution < 1.29 is 27.6 Å². The summed E-state index contributed by atoms with van der Waals surface area (Å²) in [5.74, 6) is -2.44. The highest BCUT2D eigenvalue weighted by Gasteiger charge is 2.36. The third-order valence-electron chi connectivity index (χ3n) is 1.58. The van der Waals surface area contributed by atoms with Gasteiger partial charge in [-0.25, -0.2) is 4.98 Å². The van der Waals surface area contributed by atoms with E-state index in [1.54, 1.807) is 4.98 Å². The number of halogens is 4. The zero-order valence-electron chi connectivity index (χ0n) is 8.08. The molecule has 1 heterocycles. The van der Waals surface area contributed by atoms with Gasteiger partial charge in [0.15, 0.2) is 0 Å². The number of rotatable bonds is 3. The Bertz CT molecular complexity index is 567. The van der Waals surface area contributed by atoms with E-state index in [4.69, 9.17) is 11.6 Å². The lowest BCUT2D eigenvalue weighted by Gasteiger charge is -2.08. The number of nitro groups is 1. The van der Waals surface area contributed by atoms with Gasteiger partial charge in [0.05, 0.1) is 6.07 Å². The molecule has 0 bridgehead atoms. The minimum absolute atomic E-state index is 0.240. The molecule has 0 radical (unpaired) electrons. The summed E-state index contributed by atoms with van der Waals surface area (Å²) in [5, 5.41) is 8.81. The number of nitrogens with one attached hydrogen (secondary N) is 1. The molecule has 18 heavy (non-hydrogen) atoms. The number of aromatic amines is 1. The van der Waals surface area contributed by atoms with Gasteiger partial charge in [0.25, 0.3) is 5.24 Å². The molecule has 98 valence electrons. The largest absolute Gasteiger partial charge is 0.573 e. The minimum atomic E-state index is -5.25. The Kier molecular flexibility index (Phi) is 3.60. The number of hydrogen-bond donors (Lipinski definition) is 1. The zero-order valence-corrected chi connectivity index (χ0v) is 8.83. The van der Waals surface area contributed by atoms with E-state index in [9.17, 15) is 32.9 Å². The number of alkyl halides is 3. The summed E-state index contributed by atoms with van der Waals surface area (Å²) in [6.45, 7) is 0. The average Bonchev–Trinajstić information content (AvgIpc) is 2.18. The summed E-state index contributed by atoms with van der Waals surface area (Å²) in [7, 11) is 0. The molecule has 0 aliphatic carbocycles. The van der Waals surface area contributed by atoms with Crippen LogP contribution in [0.1, 0.15) is 10.5 Å². The lowest BCUT2D eigenvalue weighted by molar-refractivity contribution is -0.389. The van der Waals surface area contributed by atoms with E-state index in [0.717, 1.165) is 0 Å². The topological polar surface area (TPSA) is 102 Å². The molecule has 1 aromatic heterocycles. The van der Waals surface area contributed by atoms with Crippen LogP contribution in [0.3, 0.4) is 0 Å². The second kappa shape index (κ2) is 4.64. The van der Waals surface area contributed by atoms with Crippen molar-refractivity contribution >= 4 is 22.7 Å². The quantitative estimate of drug-likeness (QED) is 0.516. The van der Waals surface area contributed by atoms with Crippen molar-refractivity contribution in [1.29, 1.82) is 0 Å². The zero-order chi connectivity index (χ0) is 14.1. The molecule has 11 heteroatoms. The number of ether oxygens (including phenoxy) is 1. The van der Waals surface area contributed by atoms with Crippen molar-refractivity contribution in [1.82, 2.24) is 4.98 Å². The van der Waals surface area contributed by atoms with Crippen LogP contribution in [-0.2, 0) is 0 Å². The standard InChI is InChI=1S/C7H2ClF3N2O5/c8-6(15)4-5(18-7(9,10)11)2(14)1-3(12-4)13(16)17/h1H,(H,12,14). The molecule has 0 saturated heterocycles. The van der Waals surface area contributed by atoms with Gasteiger partial charge in [-0.2, -0.15) is 0 Å². The molecule has 1 N–H and O–H groups in total. The summed E-state index contributed by atoms with van der Waals surface area (Å²) in [6.07, 6.45) is -5.25. The first kappa shape index (κ1) is 14.0. The van der Waals surface area contributed by atoms with E-state index >= 15 is 0 Å². The lowest BCUT2D eigenvalue weighted by Crippen LogP contribution is -2.24. The number of pyridine rings is 1.